The Morgan fingerprint density at radius 3 is 2.38 bits per heavy atom. The lowest BCUT2D eigenvalue weighted by Crippen LogP contribution is -2.33. The first-order valence-electron chi connectivity index (χ1n) is 9.16. The van der Waals surface area contributed by atoms with Gasteiger partial charge in [0.25, 0.3) is 0 Å². The van der Waals surface area contributed by atoms with Crippen molar-refractivity contribution in [2.75, 3.05) is 11.4 Å². The van der Waals surface area contributed by atoms with Crippen LogP contribution in [0.1, 0.15) is 27.5 Å². The second kappa shape index (κ2) is 6.30. The summed E-state index contributed by atoms with van der Waals surface area (Å²) in [5.41, 5.74) is 5.55. The largest absolute Gasteiger partial charge is 0.366 e. The van der Waals surface area contributed by atoms with Crippen molar-refractivity contribution in [1.29, 1.82) is 0 Å². The van der Waals surface area contributed by atoms with Crippen LogP contribution in [0.4, 0.5) is 5.69 Å². The molecule has 128 valence electrons. The molecule has 5 rings (SSSR count). The number of hydrogen-bond donors (Lipinski definition) is 0. The third-order valence-corrected chi connectivity index (χ3v) is 6.73. The minimum atomic E-state index is 0.429. The zero-order valence-corrected chi connectivity index (χ0v) is 15.7. The van der Waals surface area contributed by atoms with Crippen LogP contribution >= 0.6 is 11.3 Å². The van der Waals surface area contributed by atoms with Crippen LogP contribution in [-0.4, -0.2) is 6.54 Å². The van der Waals surface area contributed by atoms with Gasteiger partial charge in [0.05, 0.1) is 0 Å². The SMILES string of the molecule is Cc1ccc(N2Cc3c(sc4ccccc34)C(c3ccccc3)C2)cc1. The maximum absolute atomic E-state index is 2.54. The van der Waals surface area contributed by atoms with Crippen LogP contribution in [0, 0.1) is 6.92 Å². The molecule has 0 radical (unpaired) electrons. The first kappa shape index (κ1) is 15.7. The minimum Gasteiger partial charge on any atom is -0.366 e. The Labute approximate surface area is 158 Å². The van der Waals surface area contributed by atoms with Gasteiger partial charge in [-0.2, -0.15) is 0 Å². The number of anilines is 1. The van der Waals surface area contributed by atoms with Gasteiger partial charge in [-0.3, -0.25) is 0 Å². The van der Waals surface area contributed by atoms with Gasteiger partial charge in [0, 0.05) is 34.3 Å². The van der Waals surface area contributed by atoms with Crippen molar-refractivity contribution in [2.24, 2.45) is 0 Å². The quantitative estimate of drug-likeness (QED) is 0.404. The molecule has 0 saturated carbocycles. The molecule has 1 nitrogen and oxygen atoms in total. The molecular weight excluding hydrogens is 334 g/mol. The highest BCUT2D eigenvalue weighted by molar-refractivity contribution is 7.19. The van der Waals surface area contributed by atoms with Crippen LogP contribution in [-0.2, 0) is 6.54 Å². The average molecular weight is 356 g/mol. The highest BCUT2D eigenvalue weighted by Crippen LogP contribution is 2.44. The second-order valence-electron chi connectivity index (χ2n) is 7.12. The van der Waals surface area contributed by atoms with E-state index in [0.29, 0.717) is 5.92 Å². The highest BCUT2D eigenvalue weighted by atomic mass is 32.1. The topological polar surface area (TPSA) is 3.24 Å². The van der Waals surface area contributed by atoms with Gasteiger partial charge in [-0.05, 0) is 41.6 Å². The maximum Gasteiger partial charge on any atom is 0.0447 e. The molecule has 3 aromatic carbocycles. The maximum atomic E-state index is 2.54. The summed E-state index contributed by atoms with van der Waals surface area (Å²) in [4.78, 5) is 4.08. The molecule has 1 aromatic heterocycles. The molecule has 1 aliphatic heterocycles. The van der Waals surface area contributed by atoms with Crippen molar-refractivity contribution in [2.45, 2.75) is 19.4 Å². The smallest absolute Gasteiger partial charge is 0.0447 e. The van der Waals surface area contributed by atoms with E-state index in [9.17, 15) is 0 Å². The number of hydrogen-bond acceptors (Lipinski definition) is 2. The number of aryl methyl sites for hydroxylation is 1. The van der Waals surface area contributed by atoms with Gasteiger partial charge < -0.3 is 4.90 Å². The number of rotatable bonds is 2. The van der Waals surface area contributed by atoms with Gasteiger partial charge in [0.2, 0.25) is 0 Å². The summed E-state index contributed by atoms with van der Waals surface area (Å²) in [6, 6.07) is 28.8. The summed E-state index contributed by atoms with van der Waals surface area (Å²) in [5.74, 6) is 0.429. The number of thiophene rings is 1. The third-order valence-electron chi connectivity index (χ3n) is 5.40. The van der Waals surface area contributed by atoms with E-state index in [0.717, 1.165) is 13.1 Å². The molecule has 2 heterocycles. The van der Waals surface area contributed by atoms with Crippen LogP contribution in [0.25, 0.3) is 10.1 Å². The Hall–Kier alpha value is -2.58. The molecule has 1 aliphatic rings. The fourth-order valence-corrected chi connectivity index (χ4v) is 5.35. The highest BCUT2D eigenvalue weighted by Gasteiger charge is 2.30. The minimum absolute atomic E-state index is 0.429. The Bertz CT molecular complexity index is 1050. The summed E-state index contributed by atoms with van der Waals surface area (Å²) in [7, 11) is 0. The Morgan fingerprint density at radius 1 is 0.846 bits per heavy atom. The molecule has 1 atom stereocenters. The van der Waals surface area contributed by atoms with Gasteiger partial charge in [0.15, 0.2) is 0 Å². The van der Waals surface area contributed by atoms with E-state index in [1.54, 1.807) is 4.88 Å². The molecular formula is C24H21NS. The lowest BCUT2D eigenvalue weighted by molar-refractivity contribution is 0.680. The molecule has 0 N–H and O–H groups in total. The van der Waals surface area contributed by atoms with Crippen molar-refractivity contribution in [3.05, 3.63) is 100 Å². The molecule has 0 fully saturated rings. The molecule has 0 amide bonds. The van der Waals surface area contributed by atoms with Gasteiger partial charge in [-0.1, -0.05) is 66.2 Å². The van der Waals surface area contributed by atoms with Crippen LogP contribution in [0.15, 0.2) is 78.9 Å². The van der Waals surface area contributed by atoms with Gasteiger partial charge >= 0.3 is 0 Å². The van der Waals surface area contributed by atoms with Crippen LogP contribution in [0.5, 0.6) is 0 Å². The van der Waals surface area contributed by atoms with Crippen molar-refractivity contribution in [3.63, 3.8) is 0 Å². The summed E-state index contributed by atoms with van der Waals surface area (Å²) in [6.07, 6.45) is 0. The average Bonchev–Trinajstić information content (AvgIpc) is 3.07. The number of benzene rings is 3. The van der Waals surface area contributed by atoms with Crippen LogP contribution in [0.3, 0.4) is 0 Å². The summed E-state index contributed by atoms with van der Waals surface area (Å²) >= 11 is 1.98. The first-order valence-corrected chi connectivity index (χ1v) is 9.98. The fourth-order valence-electron chi connectivity index (χ4n) is 4.02. The molecule has 2 heteroatoms. The molecule has 26 heavy (non-hydrogen) atoms. The van der Waals surface area contributed by atoms with E-state index in [1.165, 1.54) is 32.5 Å². The van der Waals surface area contributed by atoms with Gasteiger partial charge in [0.1, 0.15) is 0 Å². The fraction of sp³-hybridized carbons (Fsp3) is 0.167. The number of nitrogens with zero attached hydrogens (tertiary/aromatic N) is 1. The van der Waals surface area contributed by atoms with Crippen LogP contribution < -0.4 is 4.90 Å². The van der Waals surface area contributed by atoms with E-state index in [-0.39, 0.29) is 0 Å². The predicted molar refractivity (Wildman–Crippen MR) is 112 cm³/mol. The van der Waals surface area contributed by atoms with Gasteiger partial charge in [-0.15, -0.1) is 11.3 Å². The van der Waals surface area contributed by atoms with E-state index < -0.39 is 0 Å². The molecule has 0 aliphatic carbocycles. The van der Waals surface area contributed by atoms with E-state index >= 15 is 0 Å². The normalized spacial score (nSPS) is 16.7. The van der Waals surface area contributed by atoms with Gasteiger partial charge in [-0.25, -0.2) is 0 Å². The Kier molecular flexibility index (Phi) is 3.79. The van der Waals surface area contributed by atoms with E-state index in [4.69, 9.17) is 0 Å². The summed E-state index contributed by atoms with van der Waals surface area (Å²) in [5, 5.41) is 1.42. The standard InChI is InChI=1S/C24H21NS/c1-17-11-13-19(14-12-17)25-15-21(18-7-3-2-4-8-18)24-22(16-25)20-9-5-6-10-23(20)26-24/h2-14,21H,15-16H2,1H3. The zero-order valence-electron chi connectivity index (χ0n) is 14.9. The third kappa shape index (κ3) is 2.62. The lowest BCUT2D eigenvalue weighted by atomic mass is 9.89. The lowest BCUT2D eigenvalue weighted by Gasteiger charge is -2.35. The van der Waals surface area contributed by atoms with Crippen molar-refractivity contribution in [1.82, 2.24) is 0 Å². The van der Waals surface area contributed by atoms with Crippen molar-refractivity contribution >= 4 is 27.1 Å². The molecule has 0 spiro atoms. The van der Waals surface area contributed by atoms with Crippen molar-refractivity contribution in [3.8, 4) is 0 Å². The summed E-state index contributed by atoms with van der Waals surface area (Å²) in [6.45, 7) is 4.18. The Morgan fingerprint density at radius 2 is 1.58 bits per heavy atom. The monoisotopic (exact) mass is 355 g/mol. The first-order chi connectivity index (χ1) is 12.8. The Balaban J connectivity index is 1.66. The summed E-state index contributed by atoms with van der Waals surface area (Å²) < 4.78 is 1.41. The molecule has 4 aromatic rings. The van der Waals surface area contributed by atoms with E-state index in [1.807, 2.05) is 11.3 Å². The molecule has 1 unspecified atom stereocenters. The second-order valence-corrected chi connectivity index (χ2v) is 8.20. The number of fused-ring (bicyclic) bond motifs is 3. The zero-order chi connectivity index (χ0) is 17.5. The van der Waals surface area contributed by atoms with E-state index in [2.05, 4.69) is 90.7 Å². The predicted octanol–water partition coefficient (Wildman–Crippen LogP) is 6.36. The van der Waals surface area contributed by atoms with Crippen molar-refractivity contribution < 1.29 is 0 Å². The van der Waals surface area contributed by atoms with Crippen LogP contribution in [0.2, 0.25) is 0 Å². The molecule has 0 saturated heterocycles. The molecule has 0 bridgehead atoms.